The van der Waals surface area contributed by atoms with Crippen LogP contribution < -0.4 is 5.32 Å². The third-order valence-corrected chi connectivity index (χ3v) is 3.37. The highest BCUT2D eigenvalue weighted by Gasteiger charge is 2.34. The molecule has 102 valence electrons. The van der Waals surface area contributed by atoms with Crippen molar-refractivity contribution < 1.29 is 9.59 Å². The van der Waals surface area contributed by atoms with Crippen LogP contribution in [0, 0.1) is 0 Å². The minimum atomic E-state index is -0.496. The number of nitrogens with zero attached hydrogens (tertiary/aromatic N) is 1. The Bertz CT molecular complexity index is 497. The molecule has 0 spiro atoms. The molecule has 0 aliphatic carbocycles. The maximum absolute atomic E-state index is 12.4. The predicted octanol–water partition coefficient (Wildman–Crippen LogP) is 1.66. The first-order chi connectivity index (χ1) is 9.00. The van der Waals surface area contributed by atoms with Crippen LogP contribution in [-0.2, 0) is 16.0 Å². The Morgan fingerprint density at radius 1 is 1.32 bits per heavy atom. The molecule has 2 amide bonds. The zero-order chi connectivity index (χ0) is 14.0. The second-order valence-corrected chi connectivity index (χ2v) is 5.23. The van der Waals surface area contributed by atoms with E-state index in [0.29, 0.717) is 6.54 Å². The number of hydrogen-bond acceptors (Lipinski definition) is 2. The number of fused-ring (bicyclic) bond motifs is 1. The Labute approximate surface area is 113 Å². The quantitative estimate of drug-likeness (QED) is 0.879. The Hall–Kier alpha value is -1.84. The van der Waals surface area contributed by atoms with E-state index < -0.39 is 6.04 Å². The molecule has 1 atom stereocenters. The first kappa shape index (κ1) is 13.6. The normalized spacial score (nSPS) is 18.1. The fourth-order valence-electron chi connectivity index (χ4n) is 2.55. The van der Waals surface area contributed by atoms with Crippen LogP contribution >= 0.6 is 0 Å². The lowest BCUT2D eigenvalue weighted by molar-refractivity contribution is -0.140. The van der Waals surface area contributed by atoms with Gasteiger partial charge in [-0.3, -0.25) is 9.59 Å². The summed E-state index contributed by atoms with van der Waals surface area (Å²) < 4.78 is 0. The van der Waals surface area contributed by atoms with Crippen LogP contribution in [0.2, 0.25) is 0 Å². The fourth-order valence-corrected chi connectivity index (χ4v) is 2.55. The average Bonchev–Trinajstić information content (AvgIpc) is 2.36. The van der Waals surface area contributed by atoms with Crippen LogP contribution in [0.4, 0.5) is 0 Å². The zero-order valence-corrected chi connectivity index (χ0v) is 11.6. The molecule has 1 aromatic rings. The molecule has 4 heteroatoms. The second kappa shape index (κ2) is 5.43. The van der Waals surface area contributed by atoms with Crippen molar-refractivity contribution in [2.24, 2.45) is 0 Å². The van der Waals surface area contributed by atoms with Gasteiger partial charge in [-0.2, -0.15) is 0 Å². The average molecular weight is 260 g/mol. The minimum Gasteiger partial charge on any atom is -0.352 e. The highest BCUT2D eigenvalue weighted by molar-refractivity contribution is 5.89. The SMILES string of the molecule is CC(=O)N1CCc2ccccc2[C@@H]1C(=O)NC(C)C. The highest BCUT2D eigenvalue weighted by Crippen LogP contribution is 2.29. The van der Waals surface area contributed by atoms with E-state index in [-0.39, 0.29) is 17.9 Å². The van der Waals surface area contributed by atoms with Crippen LogP contribution in [0.1, 0.15) is 37.9 Å². The van der Waals surface area contributed by atoms with E-state index in [9.17, 15) is 9.59 Å². The molecule has 0 saturated heterocycles. The van der Waals surface area contributed by atoms with Gasteiger partial charge in [-0.05, 0) is 31.4 Å². The first-order valence-electron chi connectivity index (χ1n) is 6.66. The maximum Gasteiger partial charge on any atom is 0.247 e. The molecule has 4 nitrogen and oxygen atoms in total. The van der Waals surface area contributed by atoms with Gasteiger partial charge in [-0.15, -0.1) is 0 Å². The van der Waals surface area contributed by atoms with Gasteiger partial charge in [0.1, 0.15) is 6.04 Å². The molecule has 2 rings (SSSR count). The molecule has 0 radical (unpaired) electrons. The van der Waals surface area contributed by atoms with E-state index >= 15 is 0 Å². The summed E-state index contributed by atoms with van der Waals surface area (Å²) in [5, 5.41) is 2.91. The molecule has 0 aromatic heterocycles. The topological polar surface area (TPSA) is 49.4 Å². The molecular weight excluding hydrogens is 240 g/mol. The molecular formula is C15H20N2O2. The lowest BCUT2D eigenvalue weighted by Crippen LogP contribution is -2.47. The lowest BCUT2D eigenvalue weighted by Gasteiger charge is -2.36. The lowest BCUT2D eigenvalue weighted by atomic mass is 9.92. The third kappa shape index (κ3) is 2.78. The van der Waals surface area contributed by atoms with Gasteiger partial charge in [0.05, 0.1) is 0 Å². The van der Waals surface area contributed by atoms with Gasteiger partial charge in [-0.1, -0.05) is 24.3 Å². The van der Waals surface area contributed by atoms with E-state index in [4.69, 9.17) is 0 Å². The van der Waals surface area contributed by atoms with Crippen molar-refractivity contribution in [3.8, 4) is 0 Å². The van der Waals surface area contributed by atoms with E-state index in [2.05, 4.69) is 5.32 Å². The number of carbonyl (C=O) groups is 2. The van der Waals surface area contributed by atoms with E-state index in [1.165, 1.54) is 6.92 Å². The molecule has 0 unspecified atom stereocenters. The van der Waals surface area contributed by atoms with Crippen molar-refractivity contribution in [2.45, 2.75) is 39.3 Å². The summed E-state index contributed by atoms with van der Waals surface area (Å²) >= 11 is 0. The molecule has 1 aromatic carbocycles. The third-order valence-electron chi connectivity index (χ3n) is 3.37. The van der Waals surface area contributed by atoms with Crippen LogP contribution in [0.5, 0.6) is 0 Å². The van der Waals surface area contributed by atoms with Gasteiger partial charge in [0.15, 0.2) is 0 Å². The second-order valence-electron chi connectivity index (χ2n) is 5.23. The van der Waals surface area contributed by atoms with Crippen LogP contribution in [0.15, 0.2) is 24.3 Å². The standard InChI is InChI=1S/C15H20N2O2/c1-10(2)16-15(19)14-13-7-5-4-6-12(13)8-9-17(14)11(3)18/h4-7,10,14H,8-9H2,1-3H3,(H,16,19)/t14-/m1/s1. The van der Waals surface area contributed by atoms with Crippen LogP contribution in [0.3, 0.4) is 0 Å². The van der Waals surface area contributed by atoms with Gasteiger partial charge in [0.25, 0.3) is 0 Å². The van der Waals surface area contributed by atoms with Crippen LogP contribution in [-0.4, -0.2) is 29.3 Å². The Morgan fingerprint density at radius 2 is 2.00 bits per heavy atom. The molecule has 1 heterocycles. The van der Waals surface area contributed by atoms with Crippen molar-refractivity contribution in [2.75, 3.05) is 6.54 Å². The van der Waals surface area contributed by atoms with E-state index in [0.717, 1.165) is 17.5 Å². The molecule has 1 N–H and O–H groups in total. The van der Waals surface area contributed by atoms with Gasteiger partial charge in [0, 0.05) is 19.5 Å². The van der Waals surface area contributed by atoms with Crippen molar-refractivity contribution in [3.05, 3.63) is 35.4 Å². The van der Waals surface area contributed by atoms with Gasteiger partial charge in [-0.25, -0.2) is 0 Å². The monoisotopic (exact) mass is 260 g/mol. The summed E-state index contributed by atoms with van der Waals surface area (Å²) in [6, 6.07) is 7.43. The van der Waals surface area contributed by atoms with Crippen molar-refractivity contribution in [3.63, 3.8) is 0 Å². The summed E-state index contributed by atoms with van der Waals surface area (Å²) in [5.41, 5.74) is 2.10. The molecule has 0 saturated carbocycles. The fraction of sp³-hybridized carbons (Fsp3) is 0.467. The van der Waals surface area contributed by atoms with E-state index in [1.807, 2.05) is 38.1 Å². The van der Waals surface area contributed by atoms with Gasteiger partial charge in [0.2, 0.25) is 11.8 Å². The summed E-state index contributed by atoms with van der Waals surface area (Å²) in [7, 11) is 0. The largest absolute Gasteiger partial charge is 0.352 e. The van der Waals surface area contributed by atoms with Crippen LogP contribution in [0.25, 0.3) is 0 Å². The first-order valence-corrected chi connectivity index (χ1v) is 6.66. The molecule has 1 aliphatic rings. The number of nitrogens with one attached hydrogen (secondary N) is 1. The summed E-state index contributed by atoms with van der Waals surface area (Å²) in [4.78, 5) is 25.8. The van der Waals surface area contributed by atoms with E-state index in [1.54, 1.807) is 4.90 Å². The van der Waals surface area contributed by atoms with Crippen molar-refractivity contribution >= 4 is 11.8 Å². The summed E-state index contributed by atoms with van der Waals surface area (Å²) in [6.45, 7) is 5.96. The zero-order valence-electron chi connectivity index (χ0n) is 11.6. The van der Waals surface area contributed by atoms with Gasteiger partial charge < -0.3 is 10.2 Å². The minimum absolute atomic E-state index is 0.0570. The van der Waals surface area contributed by atoms with Crippen molar-refractivity contribution in [1.29, 1.82) is 0 Å². The Balaban J connectivity index is 2.38. The van der Waals surface area contributed by atoms with Gasteiger partial charge >= 0.3 is 0 Å². The number of hydrogen-bond donors (Lipinski definition) is 1. The predicted molar refractivity (Wildman–Crippen MR) is 73.6 cm³/mol. The maximum atomic E-state index is 12.4. The number of rotatable bonds is 2. The highest BCUT2D eigenvalue weighted by atomic mass is 16.2. The molecule has 1 aliphatic heterocycles. The Morgan fingerprint density at radius 3 is 2.63 bits per heavy atom. The number of amides is 2. The van der Waals surface area contributed by atoms with Crippen molar-refractivity contribution in [1.82, 2.24) is 10.2 Å². The molecule has 0 fully saturated rings. The summed E-state index contributed by atoms with van der Waals surface area (Å²) in [6.07, 6.45) is 0.807. The number of carbonyl (C=O) groups excluding carboxylic acids is 2. The summed E-state index contributed by atoms with van der Waals surface area (Å²) in [5.74, 6) is -0.157. The number of benzene rings is 1. The smallest absolute Gasteiger partial charge is 0.247 e. The Kier molecular flexibility index (Phi) is 3.88. The molecule has 0 bridgehead atoms. The molecule has 19 heavy (non-hydrogen) atoms.